The lowest BCUT2D eigenvalue weighted by atomic mass is 10.1. The zero-order valence-corrected chi connectivity index (χ0v) is 8.51. The maximum absolute atomic E-state index is 12.9. The van der Waals surface area contributed by atoms with Gasteiger partial charge in [0.1, 0.15) is 11.6 Å². The molecule has 0 unspecified atom stereocenters. The number of benzene rings is 1. The van der Waals surface area contributed by atoms with Gasteiger partial charge in [-0.1, -0.05) is 0 Å². The van der Waals surface area contributed by atoms with Crippen LogP contribution in [0.3, 0.4) is 0 Å². The molecule has 1 aromatic carbocycles. The van der Waals surface area contributed by atoms with Crippen LogP contribution in [0.25, 0.3) is 0 Å². The highest BCUT2D eigenvalue weighted by molar-refractivity contribution is 14.1. The molecular formula is C8H5F2IO2. The van der Waals surface area contributed by atoms with Crippen LogP contribution in [0.2, 0.25) is 0 Å². The third kappa shape index (κ3) is 2.61. The molecule has 13 heavy (non-hydrogen) atoms. The number of carbonyl (C=O) groups is 1. The van der Waals surface area contributed by atoms with E-state index in [1.807, 2.05) is 0 Å². The molecule has 0 fully saturated rings. The van der Waals surface area contributed by atoms with Crippen LogP contribution in [0.4, 0.5) is 8.78 Å². The van der Waals surface area contributed by atoms with Crippen LogP contribution in [-0.2, 0) is 11.2 Å². The first kappa shape index (κ1) is 10.4. The van der Waals surface area contributed by atoms with Gasteiger partial charge in [0, 0.05) is 6.07 Å². The number of hydrogen-bond donors (Lipinski definition) is 1. The quantitative estimate of drug-likeness (QED) is 0.671. The summed E-state index contributed by atoms with van der Waals surface area (Å²) in [4.78, 5) is 10.3. The molecule has 1 N–H and O–H groups in total. The van der Waals surface area contributed by atoms with Gasteiger partial charge in [0.2, 0.25) is 0 Å². The zero-order chi connectivity index (χ0) is 10.0. The maximum atomic E-state index is 12.9. The summed E-state index contributed by atoms with van der Waals surface area (Å²) in [6.45, 7) is 0. The van der Waals surface area contributed by atoms with E-state index in [9.17, 15) is 13.6 Å². The lowest BCUT2D eigenvalue weighted by molar-refractivity contribution is -0.136. The highest BCUT2D eigenvalue weighted by Crippen LogP contribution is 2.18. The van der Waals surface area contributed by atoms with Gasteiger partial charge < -0.3 is 5.11 Å². The van der Waals surface area contributed by atoms with E-state index in [1.165, 1.54) is 0 Å². The van der Waals surface area contributed by atoms with Gasteiger partial charge in [-0.3, -0.25) is 4.79 Å². The van der Waals surface area contributed by atoms with Gasteiger partial charge in [0.25, 0.3) is 0 Å². The van der Waals surface area contributed by atoms with Gasteiger partial charge in [-0.15, -0.1) is 0 Å². The summed E-state index contributed by atoms with van der Waals surface area (Å²) in [5.41, 5.74) is 0.158. The first-order valence-corrected chi connectivity index (χ1v) is 4.44. The second-order valence-electron chi connectivity index (χ2n) is 2.43. The largest absolute Gasteiger partial charge is 0.481 e. The second kappa shape index (κ2) is 3.99. The fourth-order valence-electron chi connectivity index (χ4n) is 0.901. The first-order valence-electron chi connectivity index (χ1n) is 3.36. The molecule has 70 valence electrons. The molecule has 0 aromatic heterocycles. The molecule has 0 amide bonds. The molecule has 2 nitrogen and oxygen atoms in total. The zero-order valence-electron chi connectivity index (χ0n) is 6.35. The average molecular weight is 298 g/mol. The summed E-state index contributed by atoms with van der Waals surface area (Å²) in [6, 6.07) is 1.76. The van der Waals surface area contributed by atoms with Crippen molar-refractivity contribution in [3.63, 3.8) is 0 Å². The number of hydrogen-bond acceptors (Lipinski definition) is 1. The van der Waals surface area contributed by atoms with Gasteiger partial charge in [0.05, 0.1) is 9.99 Å². The molecule has 0 spiro atoms. The molecule has 0 aliphatic rings. The molecule has 0 bridgehead atoms. The molecule has 5 heteroatoms. The Morgan fingerprint density at radius 1 is 1.46 bits per heavy atom. The molecule has 0 aliphatic heterocycles. The van der Waals surface area contributed by atoms with Crippen molar-refractivity contribution in [1.29, 1.82) is 0 Å². The van der Waals surface area contributed by atoms with Crippen molar-refractivity contribution in [3.8, 4) is 0 Å². The number of carboxylic acids is 1. The van der Waals surface area contributed by atoms with Crippen molar-refractivity contribution in [2.45, 2.75) is 6.42 Å². The second-order valence-corrected chi connectivity index (χ2v) is 3.51. The fraction of sp³-hybridized carbons (Fsp3) is 0.125. The Kier molecular flexibility index (Phi) is 3.18. The lowest BCUT2D eigenvalue weighted by Gasteiger charge is -2.02. The highest BCUT2D eigenvalue weighted by atomic mass is 127. The van der Waals surface area contributed by atoms with Crippen LogP contribution < -0.4 is 0 Å². The Bertz CT molecular complexity index is 352. The third-order valence-corrected chi connectivity index (χ3v) is 2.62. The predicted molar refractivity (Wildman–Crippen MR) is 50.4 cm³/mol. The van der Waals surface area contributed by atoms with Crippen molar-refractivity contribution in [3.05, 3.63) is 32.9 Å². The summed E-state index contributed by atoms with van der Waals surface area (Å²) in [6.07, 6.45) is -0.368. The minimum Gasteiger partial charge on any atom is -0.481 e. The molecule has 0 aliphatic carbocycles. The summed E-state index contributed by atoms with van der Waals surface area (Å²) in [5, 5.41) is 8.42. The number of halogens is 3. The van der Waals surface area contributed by atoms with E-state index in [-0.39, 0.29) is 15.6 Å². The number of carboxylic acid groups (broad SMARTS) is 1. The monoisotopic (exact) mass is 298 g/mol. The SMILES string of the molecule is O=C(O)Cc1cc(F)cc(F)c1I. The predicted octanol–water partition coefficient (Wildman–Crippen LogP) is 2.20. The maximum Gasteiger partial charge on any atom is 0.307 e. The van der Waals surface area contributed by atoms with Gasteiger partial charge in [-0.25, -0.2) is 8.78 Å². The minimum atomic E-state index is -1.11. The summed E-state index contributed by atoms with van der Waals surface area (Å²) >= 11 is 1.65. The van der Waals surface area contributed by atoms with E-state index in [0.717, 1.165) is 12.1 Å². The average Bonchev–Trinajstić information content (AvgIpc) is 1.98. The van der Waals surface area contributed by atoms with Crippen molar-refractivity contribution < 1.29 is 18.7 Å². The lowest BCUT2D eigenvalue weighted by Crippen LogP contribution is -2.04. The van der Waals surface area contributed by atoms with Crippen LogP contribution in [0.1, 0.15) is 5.56 Å². The minimum absolute atomic E-state index is 0.154. The van der Waals surface area contributed by atoms with Crippen molar-refractivity contribution in [2.24, 2.45) is 0 Å². The van der Waals surface area contributed by atoms with Crippen LogP contribution in [0.15, 0.2) is 12.1 Å². The Morgan fingerprint density at radius 3 is 2.62 bits per heavy atom. The van der Waals surface area contributed by atoms with Crippen LogP contribution in [0, 0.1) is 15.2 Å². The van der Waals surface area contributed by atoms with Crippen LogP contribution >= 0.6 is 22.6 Å². The van der Waals surface area contributed by atoms with Crippen molar-refractivity contribution in [2.75, 3.05) is 0 Å². The summed E-state index contributed by atoms with van der Waals surface area (Å²) < 4.78 is 25.6. The normalized spacial score (nSPS) is 10.1. The Hall–Kier alpha value is -0.720. The molecule has 0 saturated carbocycles. The van der Waals surface area contributed by atoms with E-state index in [4.69, 9.17) is 5.11 Å². The van der Waals surface area contributed by atoms with Crippen LogP contribution in [0.5, 0.6) is 0 Å². The van der Waals surface area contributed by atoms with Gasteiger partial charge in [-0.05, 0) is 34.2 Å². The van der Waals surface area contributed by atoms with E-state index in [1.54, 1.807) is 22.6 Å². The van der Waals surface area contributed by atoms with Crippen LogP contribution in [-0.4, -0.2) is 11.1 Å². The van der Waals surface area contributed by atoms with Crippen molar-refractivity contribution >= 4 is 28.6 Å². The highest BCUT2D eigenvalue weighted by Gasteiger charge is 2.11. The Labute approximate surface area is 86.7 Å². The van der Waals surface area contributed by atoms with Gasteiger partial charge in [-0.2, -0.15) is 0 Å². The van der Waals surface area contributed by atoms with E-state index < -0.39 is 17.6 Å². The smallest absolute Gasteiger partial charge is 0.307 e. The molecule has 0 radical (unpaired) electrons. The molecule has 0 saturated heterocycles. The van der Waals surface area contributed by atoms with Gasteiger partial charge >= 0.3 is 5.97 Å². The molecule has 1 aromatic rings. The molecular weight excluding hydrogens is 293 g/mol. The summed E-state index contributed by atoms with van der Waals surface area (Å²) in [7, 11) is 0. The molecule has 0 atom stereocenters. The standard InChI is InChI=1S/C8H5F2IO2/c9-5-1-4(2-7(12)13)8(11)6(10)3-5/h1,3H,2H2,(H,12,13). The van der Waals surface area contributed by atoms with E-state index >= 15 is 0 Å². The Balaban J connectivity index is 3.12. The first-order chi connectivity index (χ1) is 6.00. The molecule has 0 heterocycles. The Morgan fingerprint density at radius 2 is 2.08 bits per heavy atom. The third-order valence-electron chi connectivity index (χ3n) is 1.41. The topological polar surface area (TPSA) is 37.3 Å². The summed E-state index contributed by atoms with van der Waals surface area (Å²) in [5.74, 6) is -2.59. The molecule has 1 rings (SSSR count). The number of aliphatic carboxylic acids is 1. The van der Waals surface area contributed by atoms with E-state index in [2.05, 4.69) is 0 Å². The van der Waals surface area contributed by atoms with Crippen molar-refractivity contribution in [1.82, 2.24) is 0 Å². The van der Waals surface area contributed by atoms with Gasteiger partial charge in [0.15, 0.2) is 0 Å². The fourth-order valence-corrected chi connectivity index (χ4v) is 1.40. The van der Waals surface area contributed by atoms with E-state index in [0.29, 0.717) is 0 Å². The number of rotatable bonds is 2.